The predicted molar refractivity (Wildman–Crippen MR) is 88.6 cm³/mol. The number of hydrogen-bond acceptors (Lipinski definition) is 5. The topological polar surface area (TPSA) is 115 Å². The van der Waals surface area contributed by atoms with Crippen molar-refractivity contribution < 1.29 is 14.6 Å². The minimum absolute atomic E-state index is 0.0686. The molecule has 0 spiro atoms. The number of benzene rings is 2. The third-order valence-electron chi connectivity index (χ3n) is 3.23. The fraction of sp³-hybridized carbons (Fsp3) is 0.0625. The Kier molecular flexibility index (Phi) is 5.00. The normalized spacial score (nSPS) is 10.5. The van der Waals surface area contributed by atoms with Crippen LogP contribution in [0, 0.1) is 27.2 Å². The van der Waals surface area contributed by atoms with Crippen molar-refractivity contribution in [3.05, 3.63) is 79.9 Å². The first-order valence-electron chi connectivity index (χ1n) is 6.86. The molecule has 0 saturated carbocycles. The van der Waals surface area contributed by atoms with Gasteiger partial charge in [0, 0.05) is 30.0 Å². The smallest absolute Gasteiger partial charge is 0.276 e. The summed E-state index contributed by atoms with van der Waals surface area (Å²) in [5.74, 6) is -0.495. The van der Waals surface area contributed by atoms with E-state index in [1.54, 1.807) is 13.0 Å². The zero-order valence-electron chi connectivity index (χ0n) is 12.6. The average molecular weight is 327 g/mol. The largest absolute Gasteiger partial charge is 0.322 e. The maximum atomic E-state index is 11.9. The number of anilines is 1. The van der Waals surface area contributed by atoms with Crippen molar-refractivity contribution in [1.82, 2.24) is 0 Å². The molecule has 0 radical (unpaired) electrons. The maximum Gasteiger partial charge on any atom is 0.276 e. The molecule has 0 aliphatic carbocycles. The molecular weight excluding hydrogens is 314 g/mol. The van der Waals surface area contributed by atoms with Gasteiger partial charge in [0.05, 0.1) is 15.4 Å². The summed E-state index contributed by atoms with van der Waals surface area (Å²) in [6.45, 7) is 1.63. The van der Waals surface area contributed by atoms with Crippen LogP contribution >= 0.6 is 0 Å². The van der Waals surface area contributed by atoms with E-state index in [2.05, 4.69) is 5.32 Å². The van der Waals surface area contributed by atoms with E-state index in [9.17, 15) is 25.0 Å². The molecule has 0 aliphatic rings. The predicted octanol–water partition coefficient (Wildman–Crippen LogP) is 3.46. The number of non-ortho nitro benzene ring substituents is 1. The summed E-state index contributed by atoms with van der Waals surface area (Å²) in [6, 6.07) is 10.1. The SMILES string of the molecule is Cc1cc([N+](=O)[O-])ccc1NC(=O)C=Cc1ccccc1[N+](=O)[O-]. The summed E-state index contributed by atoms with van der Waals surface area (Å²) < 4.78 is 0. The maximum absolute atomic E-state index is 11.9. The van der Waals surface area contributed by atoms with E-state index in [0.29, 0.717) is 16.8 Å². The highest BCUT2D eigenvalue weighted by Gasteiger charge is 2.11. The van der Waals surface area contributed by atoms with Crippen molar-refractivity contribution in [3.8, 4) is 0 Å². The molecule has 1 N–H and O–H groups in total. The molecule has 0 fully saturated rings. The fourth-order valence-electron chi connectivity index (χ4n) is 2.04. The summed E-state index contributed by atoms with van der Waals surface area (Å²) in [5, 5.41) is 24.2. The Morgan fingerprint density at radius 3 is 2.42 bits per heavy atom. The minimum Gasteiger partial charge on any atom is -0.322 e. The van der Waals surface area contributed by atoms with Crippen molar-refractivity contribution in [2.45, 2.75) is 6.92 Å². The standard InChI is InChI=1S/C16H13N3O5/c1-11-10-13(18(21)22)7-8-14(11)17-16(20)9-6-12-4-2-3-5-15(12)19(23)24/h2-10H,1H3,(H,17,20). The van der Waals surface area contributed by atoms with Crippen LogP contribution in [0.15, 0.2) is 48.5 Å². The lowest BCUT2D eigenvalue weighted by molar-refractivity contribution is -0.385. The number of hydrogen-bond donors (Lipinski definition) is 1. The first-order chi connectivity index (χ1) is 11.4. The van der Waals surface area contributed by atoms with Crippen LogP contribution in [0.2, 0.25) is 0 Å². The molecule has 2 aromatic rings. The quantitative estimate of drug-likeness (QED) is 0.513. The van der Waals surface area contributed by atoms with Gasteiger partial charge in [-0.3, -0.25) is 25.0 Å². The minimum atomic E-state index is -0.530. The third-order valence-corrected chi connectivity index (χ3v) is 3.23. The highest BCUT2D eigenvalue weighted by atomic mass is 16.6. The van der Waals surface area contributed by atoms with E-state index < -0.39 is 15.8 Å². The molecule has 0 bridgehead atoms. The van der Waals surface area contributed by atoms with Gasteiger partial charge in [-0.05, 0) is 30.7 Å². The average Bonchev–Trinajstić information content (AvgIpc) is 2.54. The number of aryl methyl sites for hydroxylation is 1. The van der Waals surface area contributed by atoms with Crippen LogP contribution in [0.5, 0.6) is 0 Å². The van der Waals surface area contributed by atoms with Gasteiger partial charge in [0.2, 0.25) is 5.91 Å². The number of nitrogens with one attached hydrogen (secondary N) is 1. The van der Waals surface area contributed by atoms with Crippen LogP contribution in [0.25, 0.3) is 6.08 Å². The van der Waals surface area contributed by atoms with Crippen molar-refractivity contribution in [2.75, 3.05) is 5.32 Å². The molecule has 24 heavy (non-hydrogen) atoms. The van der Waals surface area contributed by atoms with Crippen LogP contribution in [-0.2, 0) is 4.79 Å². The number of para-hydroxylation sites is 1. The molecule has 2 rings (SSSR count). The summed E-state index contributed by atoms with van der Waals surface area (Å²) >= 11 is 0. The molecule has 2 aromatic carbocycles. The molecule has 1 amide bonds. The van der Waals surface area contributed by atoms with Gasteiger partial charge >= 0.3 is 0 Å². The third kappa shape index (κ3) is 4.01. The van der Waals surface area contributed by atoms with E-state index in [1.165, 1.54) is 48.6 Å². The first kappa shape index (κ1) is 16.8. The molecule has 8 nitrogen and oxygen atoms in total. The van der Waals surface area contributed by atoms with E-state index in [-0.39, 0.29) is 11.4 Å². The summed E-state index contributed by atoms with van der Waals surface area (Å²) in [4.78, 5) is 32.5. The number of carbonyl (C=O) groups excluding carboxylic acids is 1. The van der Waals surface area contributed by atoms with Gasteiger partial charge in [-0.1, -0.05) is 12.1 Å². The molecule has 0 saturated heterocycles. The van der Waals surface area contributed by atoms with E-state index in [4.69, 9.17) is 0 Å². The van der Waals surface area contributed by atoms with E-state index in [1.807, 2.05) is 0 Å². The van der Waals surface area contributed by atoms with Gasteiger partial charge in [0.25, 0.3) is 11.4 Å². The van der Waals surface area contributed by atoms with Gasteiger partial charge in [-0.15, -0.1) is 0 Å². The number of carbonyl (C=O) groups is 1. The lowest BCUT2D eigenvalue weighted by Crippen LogP contribution is -2.09. The molecule has 122 valence electrons. The van der Waals surface area contributed by atoms with Gasteiger partial charge in [0.1, 0.15) is 0 Å². The highest BCUT2D eigenvalue weighted by molar-refractivity contribution is 6.02. The Balaban J connectivity index is 2.14. The molecule has 0 aromatic heterocycles. The van der Waals surface area contributed by atoms with Gasteiger partial charge in [-0.25, -0.2) is 0 Å². The van der Waals surface area contributed by atoms with Crippen molar-refractivity contribution in [1.29, 1.82) is 0 Å². The number of rotatable bonds is 5. The van der Waals surface area contributed by atoms with Gasteiger partial charge in [0.15, 0.2) is 0 Å². The van der Waals surface area contributed by atoms with Crippen molar-refractivity contribution in [3.63, 3.8) is 0 Å². The Morgan fingerprint density at radius 2 is 1.79 bits per heavy atom. The second-order valence-electron chi connectivity index (χ2n) is 4.89. The number of nitro groups is 2. The Morgan fingerprint density at radius 1 is 1.08 bits per heavy atom. The summed E-state index contributed by atoms with van der Waals surface area (Å²) in [6.07, 6.45) is 2.51. The second kappa shape index (κ2) is 7.14. The second-order valence-corrected chi connectivity index (χ2v) is 4.89. The first-order valence-corrected chi connectivity index (χ1v) is 6.86. The van der Waals surface area contributed by atoms with Crippen molar-refractivity contribution >= 4 is 29.0 Å². The zero-order chi connectivity index (χ0) is 17.7. The number of nitro benzene ring substituents is 2. The van der Waals surface area contributed by atoms with Gasteiger partial charge in [-0.2, -0.15) is 0 Å². The van der Waals surface area contributed by atoms with Crippen LogP contribution in [0.3, 0.4) is 0 Å². The summed E-state index contributed by atoms with van der Waals surface area (Å²) in [5.41, 5.74) is 1.10. The lowest BCUT2D eigenvalue weighted by Gasteiger charge is -2.05. The Hall–Kier alpha value is -3.55. The number of amides is 1. The molecule has 0 unspecified atom stereocenters. The monoisotopic (exact) mass is 327 g/mol. The van der Waals surface area contributed by atoms with Crippen LogP contribution in [0.4, 0.5) is 17.1 Å². The highest BCUT2D eigenvalue weighted by Crippen LogP contribution is 2.22. The van der Waals surface area contributed by atoms with Crippen LogP contribution < -0.4 is 5.32 Å². The Bertz CT molecular complexity index is 845. The van der Waals surface area contributed by atoms with Crippen molar-refractivity contribution in [2.24, 2.45) is 0 Å². The van der Waals surface area contributed by atoms with Crippen LogP contribution in [-0.4, -0.2) is 15.8 Å². The molecular formula is C16H13N3O5. The van der Waals surface area contributed by atoms with E-state index >= 15 is 0 Å². The van der Waals surface area contributed by atoms with Crippen LogP contribution in [0.1, 0.15) is 11.1 Å². The van der Waals surface area contributed by atoms with Gasteiger partial charge < -0.3 is 5.32 Å². The molecule has 0 heterocycles. The molecule has 8 heteroatoms. The fourth-order valence-corrected chi connectivity index (χ4v) is 2.04. The van der Waals surface area contributed by atoms with E-state index in [0.717, 1.165) is 0 Å². The Labute approximate surface area is 136 Å². The zero-order valence-corrected chi connectivity index (χ0v) is 12.6. The lowest BCUT2D eigenvalue weighted by atomic mass is 10.1. The molecule has 0 aliphatic heterocycles. The summed E-state index contributed by atoms with van der Waals surface area (Å²) in [7, 11) is 0. The molecule has 0 atom stereocenters. The number of nitrogens with zero attached hydrogens (tertiary/aromatic N) is 2.